The number of carbonyl (C=O) groups excluding carboxylic acids is 4. The Kier molecular flexibility index (Phi) is 40.4. The Morgan fingerprint density at radius 2 is 0.684 bits per heavy atom. The Labute approximate surface area is 346 Å². The summed E-state index contributed by atoms with van der Waals surface area (Å²) in [6, 6.07) is 0. The van der Waals surface area contributed by atoms with Crippen LogP contribution in [0.2, 0.25) is 0 Å². The first-order valence-electron chi connectivity index (χ1n) is 22.3. The summed E-state index contributed by atoms with van der Waals surface area (Å²) in [6.45, 7) is 11.7. The summed E-state index contributed by atoms with van der Waals surface area (Å²) in [7, 11) is 3.28. The van der Waals surface area contributed by atoms with Crippen molar-refractivity contribution in [2.45, 2.75) is 155 Å². The van der Waals surface area contributed by atoms with E-state index in [0.29, 0.717) is 124 Å². The molecular weight excluding hydrogens is 730 g/mol. The number of ketones is 1. The highest BCUT2D eigenvalue weighted by Gasteiger charge is 2.17. The van der Waals surface area contributed by atoms with Crippen LogP contribution < -0.4 is 16.0 Å². The Morgan fingerprint density at radius 1 is 0.368 bits per heavy atom. The third-order valence-corrected chi connectivity index (χ3v) is 9.82. The summed E-state index contributed by atoms with van der Waals surface area (Å²) in [5.74, 6) is 0.662. The first kappa shape index (κ1) is 54.8. The van der Waals surface area contributed by atoms with Gasteiger partial charge in [-0.25, -0.2) is 0 Å². The van der Waals surface area contributed by atoms with Crippen LogP contribution in [0.25, 0.3) is 0 Å². The molecule has 0 fully saturated rings. The van der Waals surface area contributed by atoms with E-state index in [0.717, 1.165) is 109 Å². The Morgan fingerprint density at radius 3 is 1.12 bits per heavy atom. The second-order valence-electron chi connectivity index (χ2n) is 15.7. The van der Waals surface area contributed by atoms with Gasteiger partial charge in [-0.2, -0.15) is 0 Å². The van der Waals surface area contributed by atoms with E-state index in [4.69, 9.17) is 28.4 Å². The fraction of sp³-hybridized carbons (Fsp3) is 0.909. The van der Waals surface area contributed by atoms with Crippen LogP contribution in [0, 0.1) is 5.41 Å². The van der Waals surface area contributed by atoms with E-state index < -0.39 is 0 Å². The summed E-state index contributed by atoms with van der Waals surface area (Å²) in [4.78, 5) is 48.6. The highest BCUT2D eigenvalue weighted by Crippen LogP contribution is 2.30. The van der Waals surface area contributed by atoms with E-state index in [1.807, 2.05) is 0 Å². The molecule has 0 saturated heterocycles. The van der Waals surface area contributed by atoms with Crippen molar-refractivity contribution < 1.29 is 47.6 Å². The number of amides is 3. The Bertz CT molecular complexity index is 881. The molecule has 0 aromatic carbocycles. The lowest BCUT2D eigenvalue weighted by Crippen LogP contribution is -2.27. The van der Waals surface area contributed by atoms with Crippen LogP contribution in [0.15, 0.2) is 0 Å². The van der Waals surface area contributed by atoms with Crippen LogP contribution in [0.3, 0.4) is 0 Å². The van der Waals surface area contributed by atoms with Crippen molar-refractivity contribution in [2.24, 2.45) is 5.41 Å². The molecule has 0 unspecified atom stereocenters. The number of unbranched alkanes of at least 4 members (excludes halogenated alkanes) is 11. The molecule has 0 spiro atoms. The van der Waals surface area contributed by atoms with Gasteiger partial charge in [0.15, 0.2) is 0 Å². The van der Waals surface area contributed by atoms with Gasteiger partial charge in [-0.3, -0.25) is 19.2 Å². The summed E-state index contributed by atoms with van der Waals surface area (Å²) in [5.41, 5.74) is 0.226. The van der Waals surface area contributed by atoms with Gasteiger partial charge >= 0.3 is 0 Å². The maximum atomic E-state index is 12.4. The molecule has 57 heavy (non-hydrogen) atoms. The lowest BCUT2D eigenvalue weighted by Gasteiger charge is -2.24. The van der Waals surface area contributed by atoms with E-state index in [9.17, 15) is 19.2 Å². The zero-order valence-electron chi connectivity index (χ0n) is 36.8. The molecule has 0 atom stereocenters. The summed E-state index contributed by atoms with van der Waals surface area (Å²) >= 11 is 0. The number of Topliss-reactive ketones (excluding diaryl/α,β-unsaturated/α-hetero) is 1. The lowest BCUT2D eigenvalue weighted by atomic mass is 9.82. The van der Waals surface area contributed by atoms with Crippen LogP contribution in [-0.4, -0.2) is 123 Å². The van der Waals surface area contributed by atoms with Crippen molar-refractivity contribution in [2.75, 3.05) is 99.9 Å². The smallest absolute Gasteiger partial charge is 0.220 e. The van der Waals surface area contributed by atoms with Gasteiger partial charge in [0, 0.05) is 66.0 Å². The predicted octanol–water partition coefficient (Wildman–Crippen LogP) is 6.87. The van der Waals surface area contributed by atoms with Crippen LogP contribution in [-0.2, 0) is 47.6 Å². The van der Waals surface area contributed by atoms with Crippen molar-refractivity contribution in [1.82, 2.24) is 16.0 Å². The van der Waals surface area contributed by atoms with Crippen LogP contribution in [0.4, 0.5) is 0 Å². The summed E-state index contributed by atoms with van der Waals surface area (Å²) in [5, 5.41) is 8.84. The summed E-state index contributed by atoms with van der Waals surface area (Å²) in [6.07, 6.45) is 20.4. The van der Waals surface area contributed by atoms with Crippen LogP contribution >= 0.6 is 0 Å². The number of hydrogen-bond donors (Lipinski definition) is 3. The Hall–Kier alpha value is -2.16. The number of rotatable bonds is 45. The van der Waals surface area contributed by atoms with Gasteiger partial charge < -0.3 is 44.4 Å². The van der Waals surface area contributed by atoms with Gasteiger partial charge in [0.05, 0.1) is 66.1 Å². The Balaban J connectivity index is 3.54. The second kappa shape index (κ2) is 42.0. The molecule has 0 rings (SSSR count). The molecule has 0 heterocycles. The van der Waals surface area contributed by atoms with Crippen molar-refractivity contribution in [1.29, 1.82) is 0 Å². The van der Waals surface area contributed by atoms with Gasteiger partial charge in [-0.05, 0) is 56.8 Å². The number of hydrogen-bond acceptors (Lipinski definition) is 10. The van der Waals surface area contributed by atoms with Crippen molar-refractivity contribution in [3.05, 3.63) is 0 Å². The molecule has 0 aliphatic rings. The van der Waals surface area contributed by atoms with E-state index in [2.05, 4.69) is 29.8 Å². The average Bonchev–Trinajstić information content (AvgIpc) is 3.19. The maximum Gasteiger partial charge on any atom is 0.220 e. The molecule has 0 aliphatic carbocycles. The van der Waals surface area contributed by atoms with Crippen LogP contribution in [0.5, 0.6) is 0 Å². The molecule has 0 saturated carbocycles. The number of methoxy groups -OCH3 is 2. The standard InChI is InChI=1S/C44H85N3O10/c1-44(2,25-17-15-21-40(48)20-12-8-5-6-9-13-22-42(50)46-28-30-54-36-38-56-34-32-52-3)26-18-16-24-41(49)45-27-19-11-7-10-14-23-43(51)47-29-31-55-37-39-57-35-33-53-4/h5-39H2,1-4H3,(H,45,49)(H,46,50)(H,47,51). The molecule has 13 nitrogen and oxygen atoms in total. The molecular formula is C44H85N3O10. The van der Waals surface area contributed by atoms with E-state index in [1.165, 1.54) is 0 Å². The third kappa shape index (κ3) is 43.2. The molecule has 13 heteroatoms. The molecule has 0 bridgehead atoms. The highest BCUT2D eigenvalue weighted by atomic mass is 16.5. The minimum Gasteiger partial charge on any atom is -0.382 e. The molecule has 0 radical (unpaired) electrons. The highest BCUT2D eigenvalue weighted by molar-refractivity contribution is 5.78. The lowest BCUT2D eigenvalue weighted by molar-refractivity contribution is -0.122. The number of ether oxygens (including phenoxy) is 6. The van der Waals surface area contributed by atoms with Gasteiger partial charge in [0.2, 0.25) is 17.7 Å². The second-order valence-corrected chi connectivity index (χ2v) is 15.7. The zero-order valence-corrected chi connectivity index (χ0v) is 36.8. The normalized spacial score (nSPS) is 11.5. The van der Waals surface area contributed by atoms with Crippen molar-refractivity contribution in [3.8, 4) is 0 Å². The molecule has 3 amide bonds. The van der Waals surface area contributed by atoms with Gasteiger partial charge in [0.1, 0.15) is 5.78 Å². The monoisotopic (exact) mass is 816 g/mol. The largest absolute Gasteiger partial charge is 0.382 e. The fourth-order valence-electron chi connectivity index (χ4n) is 6.27. The van der Waals surface area contributed by atoms with Crippen molar-refractivity contribution in [3.63, 3.8) is 0 Å². The predicted molar refractivity (Wildman–Crippen MR) is 226 cm³/mol. The number of carbonyl (C=O) groups is 4. The molecule has 3 N–H and O–H groups in total. The SMILES string of the molecule is COCCOCCOCCNC(=O)CCCCCCCCC(=O)CCCCC(C)(C)CCCCC(=O)NCCCCCCCC(=O)NCCOCCOCCOC. The zero-order chi connectivity index (χ0) is 41.9. The van der Waals surface area contributed by atoms with Gasteiger partial charge in [-0.15, -0.1) is 0 Å². The molecule has 0 aromatic rings. The fourth-order valence-corrected chi connectivity index (χ4v) is 6.27. The van der Waals surface area contributed by atoms with Crippen LogP contribution in [0.1, 0.15) is 155 Å². The average molecular weight is 816 g/mol. The molecule has 0 aliphatic heterocycles. The summed E-state index contributed by atoms with van der Waals surface area (Å²) < 4.78 is 31.3. The minimum absolute atomic E-state index is 0.0653. The molecule has 0 aromatic heterocycles. The number of nitrogens with one attached hydrogen (secondary N) is 3. The van der Waals surface area contributed by atoms with Crippen molar-refractivity contribution >= 4 is 23.5 Å². The topological polar surface area (TPSA) is 160 Å². The van der Waals surface area contributed by atoms with Gasteiger partial charge in [0.25, 0.3) is 0 Å². The first-order chi connectivity index (χ1) is 27.7. The quantitative estimate of drug-likeness (QED) is 0.0554. The van der Waals surface area contributed by atoms with E-state index in [1.54, 1.807) is 14.2 Å². The maximum absolute atomic E-state index is 12.4. The first-order valence-corrected chi connectivity index (χ1v) is 22.3. The van der Waals surface area contributed by atoms with E-state index >= 15 is 0 Å². The minimum atomic E-state index is 0.0653. The van der Waals surface area contributed by atoms with Gasteiger partial charge in [-0.1, -0.05) is 71.6 Å². The third-order valence-electron chi connectivity index (χ3n) is 9.82. The molecule has 336 valence electrons. The van der Waals surface area contributed by atoms with E-state index in [-0.39, 0.29) is 23.1 Å².